The molecule has 0 spiro atoms. The van der Waals surface area contributed by atoms with Crippen LogP contribution in [0.15, 0.2) is 12.1 Å². The van der Waals surface area contributed by atoms with Crippen LogP contribution in [0, 0.1) is 17.7 Å². The summed E-state index contributed by atoms with van der Waals surface area (Å²) in [6, 6.07) is 2.19. The lowest BCUT2D eigenvalue weighted by molar-refractivity contribution is 0.0694. The van der Waals surface area contributed by atoms with E-state index in [2.05, 4.69) is 13.8 Å². The minimum Gasteiger partial charge on any atom is -0.487 e. The van der Waals surface area contributed by atoms with Crippen molar-refractivity contribution in [3.8, 4) is 5.75 Å². The molecular formula is C15H20FNO3. The van der Waals surface area contributed by atoms with E-state index in [1.807, 2.05) is 0 Å². The number of carbonyl (C=O) groups is 1. The first kappa shape index (κ1) is 14.6. The second kappa shape index (κ2) is 5.69. The molecule has 1 aliphatic carbocycles. The predicted octanol–water partition coefficient (Wildman–Crippen LogP) is 3.31. The Morgan fingerprint density at radius 2 is 1.90 bits per heavy atom. The molecule has 1 fully saturated rings. The van der Waals surface area contributed by atoms with Gasteiger partial charge in [-0.2, -0.15) is 0 Å². The third-order valence-electron chi connectivity index (χ3n) is 3.76. The number of halogens is 1. The number of ether oxygens (including phenoxy) is 1. The number of hydrogen-bond donors (Lipinski definition) is 2. The molecule has 5 heteroatoms. The van der Waals surface area contributed by atoms with Crippen LogP contribution in [0.1, 0.15) is 43.5 Å². The van der Waals surface area contributed by atoms with E-state index in [0.29, 0.717) is 11.8 Å². The van der Waals surface area contributed by atoms with Gasteiger partial charge in [-0.15, -0.1) is 0 Å². The molecule has 0 heterocycles. The average Bonchev–Trinajstić information content (AvgIpc) is 2.30. The highest BCUT2D eigenvalue weighted by Crippen LogP contribution is 2.33. The molecule has 0 saturated heterocycles. The van der Waals surface area contributed by atoms with Crippen LogP contribution in [-0.4, -0.2) is 17.2 Å². The molecule has 1 aliphatic rings. The van der Waals surface area contributed by atoms with Crippen molar-refractivity contribution < 1.29 is 19.0 Å². The van der Waals surface area contributed by atoms with Crippen LogP contribution in [0.5, 0.6) is 5.75 Å². The fourth-order valence-corrected chi connectivity index (χ4v) is 2.99. The molecule has 1 aromatic carbocycles. The van der Waals surface area contributed by atoms with Gasteiger partial charge in [0.15, 0.2) is 11.6 Å². The molecule has 110 valence electrons. The highest BCUT2D eigenvalue weighted by atomic mass is 19.1. The highest BCUT2D eigenvalue weighted by molar-refractivity contribution is 5.94. The fraction of sp³-hybridized carbons (Fsp3) is 0.533. The molecule has 3 N–H and O–H groups in total. The summed E-state index contributed by atoms with van der Waals surface area (Å²) in [5, 5.41) is 9.01. The molecule has 1 saturated carbocycles. The van der Waals surface area contributed by atoms with E-state index in [-0.39, 0.29) is 23.1 Å². The number of nitrogen functional groups attached to an aromatic ring is 1. The summed E-state index contributed by atoms with van der Waals surface area (Å²) in [5.74, 6) is -0.766. The Hall–Kier alpha value is -1.78. The van der Waals surface area contributed by atoms with Crippen molar-refractivity contribution in [2.45, 2.75) is 39.2 Å². The van der Waals surface area contributed by atoms with E-state index in [1.165, 1.54) is 6.07 Å². The van der Waals surface area contributed by atoms with Crippen molar-refractivity contribution >= 4 is 11.7 Å². The van der Waals surface area contributed by atoms with E-state index < -0.39 is 11.8 Å². The lowest BCUT2D eigenvalue weighted by atomic mass is 9.82. The standard InChI is InChI=1S/C15H20FNO3/c1-8-3-9(2)5-10(4-8)20-14-6-11(15(18)19)13(17)7-12(14)16/h6-10H,3-5,17H2,1-2H3,(H,18,19). The first-order chi connectivity index (χ1) is 9.36. The van der Waals surface area contributed by atoms with Gasteiger partial charge in [0, 0.05) is 11.8 Å². The Morgan fingerprint density at radius 1 is 1.30 bits per heavy atom. The van der Waals surface area contributed by atoms with Crippen LogP contribution in [0.4, 0.5) is 10.1 Å². The van der Waals surface area contributed by atoms with Gasteiger partial charge in [0.1, 0.15) is 0 Å². The summed E-state index contributed by atoms with van der Waals surface area (Å²) in [7, 11) is 0. The number of carboxylic acid groups (broad SMARTS) is 1. The monoisotopic (exact) mass is 281 g/mol. The first-order valence-electron chi connectivity index (χ1n) is 6.85. The number of aromatic carboxylic acids is 1. The minimum atomic E-state index is -1.18. The maximum atomic E-state index is 13.8. The van der Waals surface area contributed by atoms with Crippen molar-refractivity contribution in [1.29, 1.82) is 0 Å². The summed E-state index contributed by atoms with van der Waals surface area (Å²) >= 11 is 0. The van der Waals surface area contributed by atoms with Gasteiger partial charge in [0.2, 0.25) is 0 Å². The molecule has 0 amide bonds. The maximum absolute atomic E-state index is 13.8. The van der Waals surface area contributed by atoms with Crippen molar-refractivity contribution in [3.05, 3.63) is 23.5 Å². The second-order valence-electron chi connectivity index (χ2n) is 5.83. The Kier molecular flexibility index (Phi) is 4.16. The van der Waals surface area contributed by atoms with Crippen LogP contribution in [-0.2, 0) is 0 Å². The number of carboxylic acids is 1. The smallest absolute Gasteiger partial charge is 0.337 e. The maximum Gasteiger partial charge on any atom is 0.337 e. The molecule has 0 aromatic heterocycles. The molecule has 1 aromatic rings. The summed E-state index contributed by atoms with van der Waals surface area (Å²) < 4.78 is 19.5. The van der Waals surface area contributed by atoms with Gasteiger partial charge in [0.25, 0.3) is 0 Å². The van der Waals surface area contributed by atoms with E-state index in [9.17, 15) is 9.18 Å². The molecule has 2 atom stereocenters. The Balaban J connectivity index is 2.20. The lowest BCUT2D eigenvalue weighted by Crippen LogP contribution is -2.28. The van der Waals surface area contributed by atoms with Gasteiger partial charge >= 0.3 is 5.97 Å². The summed E-state index contributed by atoms with van der Waals surface area (Å²) in [5.41, 5.74) is 5.28. The third-order valence-corrected chi connectivity index (χ3v) is 3.76. The largest absolute Gasteiger partial charge is 0.487 e. The van der Waals surface area contributed by atoms with E-state index in [1.54, 1.807) is 0 Å². The molecule has 4 nitrogen and oxygen atoms in total. The molecule has 0 bridgehead atoms. The van der Waals surface area contributed by atoms with Crippen LogP contribution < -0.4 is 10.5 Å². The van der Waals surface area contributed by atoms with Gasteiger partial charge in [-0.25, -0.2) is 9.18 Å². The van der Waals surface area contributed by atoms with Gasteiger partial charge in [-0.1, -0.05) is 13.8 Å². The summed E-state index contributed by atoms with van der Waals surface area (Å²) in [4.78, 5) is 11.0. The van der Waals surface area contributed by atoms with Crippen LogP contribution in [0.2, 0.25) is 0 Å². The van der Waals surface area contributed by atoms with E-state index >= 15 is 0 Å². The Labute approximate surface area is 117 Å². The Bertz CT molecular complexity index is 508. The molecule has 2 unspecified atom stereocenters. The van der Waals surface area contributed by atoms with Crippen molar-refractivity contribution in [1.82, 2.24) is 0 Å². The van der Waals surface area contributed by atoms with Crippen molar-refractivity contribution in [2.24, 2.45) is 11.8 Å². The van der Waals surface area contributed by atoms with Gasteiger partial charge < -0.3 is 15.6 Å². The SMILES string of the molecule is CC1CC(C)CC(Oc2cc(C(=O)O)c(N)cc2F)C1. The average molecular weight is 281 g/mol. The zero-order valence-corrected chi connectivity index (χ0v) is 11.7. The predicted molar refractivity (Wildman–Crippen MR) is 74.4 cm³/mol. The number of hydrogen-bond acceptors (Lipinski definition) is 3. The third kappa shape index (κ3) is 3.21. The van der Waals surface area contributed by atoms with E-state index in [4.69, 9.17) is 15.6 Å². The highest BCUT2D eigenvalue weighted by Gasteiger charge is 2.26. The number of rotatable bonds is 3. The van der Waals surface area contributed by atoms with Gasteiger partial charge in [-0.3, -0.25) is 0 Å². The second-order valence-corrected chi connectivity index (χ2v) is 5.83. The van der Waals surface area contributed by atoms with Crippen LogP contribution in [0.25, 0.3) is 0 Å². The van der Waals surface area contributed by atoms with Gasteiger partial charge in [-0.05, 0) is 37.2 Å². The van der Waals surface area contributed by atoms with Crippen LogP contribution in [0.3, 0.4) is 0 Å². The summed E-state index contributed by atoms with van der Waals surface area (Å²) in [6.45, 7) is 4.29. The lowest BCUT2D eigenvalue weighted by Gasteiger charge is -2.31. The van der Waals surface area contributed by atoms with Gasteiger partial charge in [0.05, 0.1) is 11.7 Å². The molecule has 20 heavy (non-hydrogen) atoms. The quantitative estimate of drug-likeness (QED) is 0.834. The van der Waals surface area contributed by atoms with E-state index in [0.717, 1.165) is 25.3 Å². The van der Waals surface area contributed by atoms with Crippen LogP contribution >= 0.6 is 0 Å². The molecule has 2 rings (SSSR count). The van der Waals surface area contributed by atoms with Crippen molar-refractivity contribution in [2.75, 3.05) is 5.73 Å². The Morgan fingerprint density at radius 3 is 2.45 bits per heavy atom. The molecular weight excluding hydrogens is 261 g/mol. The zero-order chi connectivity index (χ0) is 14.9. The minimum absolute atomic E-state index is 0.0251. The number of anilines is 1. The normalized spacial score (nSPS) is 26.2. The zero-order valence-electron chi connectivity index (χ0n) is 11.7. The topological polar surface area (TPSA) is 72.5 Å². The van der Waals surface area contributed by atoms with Crippen molar-refractivity contribution in [3.63, 3.8) is 0 Å². The number of benzene rings is 1. The molecule has 0 aliphatic heterocycles. The first-order valence-corrected chi connectivity index (χ1v) is 6.85. The number of nitrogens with two attached hydrogens (primary N) is 1. The summed E-state index contributed by atoms with van der Waals surface area (Å²) in [6.07, 6.45) is 2.78. The molecule has 0 radical (unpaired) electrons. The fourth-order valence-electron chi connectivity index (χ4n) is 2.99.